The molecule has 0 aliphatic rings. The van der Waals surface area contributed by atoms with E-state index in [1.165, 1.54) is 0 Å². The number of aromatic nitrogens is 2. The van der Waals surface area contributed by atoms with Gasteiger partial charge >= 0.3 is 0 Å². The molecule has 2 N–H and O–H groups in total. The van der Waals surface area contributed by atoms with Crippen molar-refractivity contribution in [1.29, 1.82) is 0 Å². The van der Waals surface area contributed by atoms with E-state index in [0.717, 1.165) is 28.8 Å². The second-order valence-electron chi connectivity index (χ2n) is 3.85. The molecule has 0 aliphatic heterocycles. The Balaban J connectivity index is 1.87. The Morgan fingerprint density at radius 1 is 1.59 bits per heavy atom. The molecule has 0 aromatic carbocycles. The quantitative estimate of drug-likeness (QED) is 0.873. The van der Waals surface area contributed by atoms with Crippen molar-refractivity contribution in [2.75, 3.05) is 12.3 Å². The minimum absolute atomic E-state index is 0.531. The van der Waals surface area contributed by atoms with E-state index in [-0.39, 0.29) is 0 Å². The SMILES string of the molecule is CC(CN)CSCc1noc(-c2cccs2)n1. The Hall–Kier alpha value is -0.850. The summed E-state index contributed by atoms with van der Waals surface area (Å²) >= 11 is 3.39. The van der Waals surface area contributed by atoms with Gasteiger partial charge in [-0.15, -0.1) is 11.3 Å². The average molecular weight is 269 g/mol. The lowest BCUT2D eigenvalue weighted by molar-refractivity contribution is 0.426. The molecule has 4 nitrogen and oxygen atoms in total. The maximum Gasteiger partial charge on any atom is 0.268 e. The van der Waals surface area contributed by atoms with Crippen molar-refractivity contribution in [2.24, 2.45) is 11.7 Å². The summed E-state index contributed by atoms with van der Waals surface area (Å²) in [6.45, 7) is 2.86. The Bertz CT molecular complexity index is 441. The van der Waals surface area contributed by atoms with E-state index in [4.69, 9.17) is 10.3 Å². The molecule has 1 atom stereocenters. The first-order valence-electron chi connectivity index (χ1n) is 5.44. The molecule has 0 fully saturated rings. The van der Waals surface area contributed by atoms with Crippen molar-refractivity contribution < 1.29 is 4.52 Å². The number of rotatable bonds is 6. The standard InChI is InChI=1S/C11H15N3OS2/c1-8(5-12)6-16-7-10-13-11(15-14-10)9-3-2-4-17-9/h2-4,8H,5-7,12H2,1H3. The predicted octanol–water partition coefficient (Wildman–Crippen LogP) is 2.63. The van der Waals surface area contributed by atoms with Gasteiger partial charge in [0.15, 0.2) is 5.82 Å². The van der Waals surface area contributed by atoms with Crippen LogP contribution in [0.5, 0.6) is 0 Å². The molecule has 0 aliphatic carbocycles. The number of nitrogens with zero attached hydrogens (tertiary/aromatic N) is 2. The number of nitrogens with two attached hydrogens (primary N) is 1. The fourth-order valence-corrected chi connectivity index (χ4v) is 2.83. The van der Waals surface area contributed by atoms with Gasteiger partial charge in [0.25, 0.3) is 5.89 Å². The van der Waals surface area contributed by atoms with E-state index >= 15 is 0 Å². The largest absolute Gasteiger partial charge is 0.333 e. The summed E-state index contributed by atoms with van der Waals surface area (Å²) in [6, 6.07) is 3.95. The number of thiophene rings is 1. The first kappa shape index (κ1) is 12.6. The van der Waals surface area contributed by atoms with Crippen LogP contribution in [0.3, 0.4) is 0 Å². The van der Waals surface area contributed by atoms with Crippen LogP contribution in [-0.2, 0) is 5.75 Å². The van der Waals surface area contributed by atoms with Crippen molar-refractivity contribution in [3.63, 3.8) is 0 Å². The molecule has 0 amide bonds. The molecular formula is C11H15N3OS2. The van der Waals surface area contributed by atoms with Gasteiger partial charge < -0.3 is 10.3 Å². The molecule has 1 unspecified atom stereocenters. The van der Waals surface area contributed by atoms with Crippen molar-refractivity contribution in [3.8, 4) is 10.8 Å². The highest BCUT2D eigenvalue weighted by atomic mass is 32.2. The smallest absolute Gasteiger partial charge is 0.268 e. The minimum atomic E-state index is 0.531. The first-order chi connectivity index (χ1) is 8.29. The minimum Gasteiger partial charge on any atom is -0.333 e. The van der Waals surface area contributed by atoms with Gasteiger partial charge in [-0.2, -0.15) is 16.7 Å². The molecule has 2 rings (SSSR count). The molecule has 0 saturated carbocycles. The summed E-state index contributed by atoms with van der Waals surface area (Å²) in [5, 5.41) is 5.96. The monoisotopic (exact) mass is 269 g/mol. The molecule has 0 spiro atoms. The van der Waals surface area contributed by atoms with Gasteiger partial charge in [0.2, 0.25) is 0 Å². The molecular weight excluding hydrogens is 254 g/mol. The van der Waals surface area contributed by atoms with E-state index in [1.54, 1.807) is 23.1 Å². The van der Waals surface area contributed by atoms with Crippen LogP contribution in [0.25, 0.3) is 10.8 Å². The molecule has 2 aromatic rings. The second kappa shape index (κ2) is 6.18. The number of hydrogen-bond donors (Lipinski definition) is 1. The molecule has 0 radical (unpaired) electrons. The number of hydrogen-bond acceptors (Lipinski definition) is 6. The van der Waals surface area contributed by atoms with E-state index in [2.05, 4.69) is 17.1 Å². The van der Waals surface area contributed by atoms with E-state index in [1.807, 2.05) is 17.5 Å². The maximum absolute atomic E-state index is 5.56. The van der Waals surface area contributed by atoms with Crippen LogP contribution >= 0.6 is 23.1 Å². The van der Waals surface area contributed by atoms with Crippen molar-refractivity contribution in [1.82, 2.24) is 10.1 Å². The van der Waals surface area contributed by atoms with Gasteiger partial charge in [0, 0.05) is 0 Å². The Morgan fingerprint density at radius 2 is 2.47 bits per heavy atom. The summed E-state index contributed by atoms with van der Waals surface area (Å²) in [5.74, 6) is 3.70. The highest BCUT2D eigenvalue weighted by molar-refractivity contribution is 7.98. The van der Waals surface area contributed by atoms with Crippen LogP contribution in [0.15, 0.2) is 22.0 Å². The number of thioether (sulfide) groups is 1. The van der Waals surface area contributed by atoms with Gasteiger partial charge in [0.05, 0.1) is 10.6 Å². The van der Waals surface area contributed by atoms with Gasteiger partial charge in [-0.05, 0) is 29.7 Å². The highest BCUT2D eigenvalue weighted by Gasteiger charge is 2.09. The predicted molar refractivity (Wildman–Crippen MR) is 72.0 cm³/mol. The second-order valence-corrected chi connectivity index (χ2v) is 5.83. The third kappa shape index (κ3) is 3.55. The summed E-state index contributed by atoms with van der Waals surface area (Å²) in [4.78, 5) is 5.37. The topological polar surface area (TPSA) is 64.9 Å². The first-order valence-corrected chi connectivity index (χ1v) is 7.47. The van der Waals surface area contributed by atoms with Crippen LogP contribution in [0.1, 0.15) is 12.7 Å². The summed E-state index contributed by atoms with van der Waals surface area (Å²) in [7, 11) is 0. The molecule has 0 bridgehead atoms. The molecule has 2 aromatic heterocycles. The van der Waals surface area contributed by atoms with Crippen LogP contribution < -0.4 is 5.73 Å². The molecule has 2 heterocycles. The van der Waals surface area contributed by atoms with E-state index < -0.39 is 0 Å². The van der Waals surface area contributed by atoms with Gasteiger partial charge in [0.1, 0.15) is 0 Å². The molecule has 92 valence electrons. The Morgan fingerprint density at radius 3 is 3.18 bits per heavy atom. The lowest BCUT2D eigenvalue weighted by atomic mass is 10.2. The lowest BCUT2D eigenvalue weighted by Crippen LogP contribution is -2.12. The van der Waals surface area contributed by atoms with Gasteiger partial charge in [-0.1, -0.05) is 18.1 Å². The van der Waals surface area contributed by atoms with Gasteiger partial charge in [-0.3, -0.25) is 0 Å². The van der Waals surface area contributed by atoms with E-state index in [0.29, 0.717) is 11.8 Å². The molecule has 0 saturated heterocycles. The fraction of sp³-hybridized carbons (Fsp3) is 0.455. The zero-order chi connectivity index (χ0) is 12.1. The zero-order valence-electron chi connectivity index (χ0n) is 9.63. The Labute approximate surface area is 109 Å². The third-order valence-corrected chi connectivity index (χ3v) is 4.36. The normalized spacial score (nSPS) is 12.8. The fourth-order valence-electron chi connectivity index (χ4n) is 1.23. The average Bonchev–Trinajstić information content (AvgIpc) is 2.98. The lowest BCUT2D eigenvalue weighted by Gasteiger charge is -2.05. The van der Waals surface area contributed by atoms with Crippen LogP contribution in [0.2, 0.25) is 0 Å². The Kier molecular flexibility index (Phi) is 4.58. The van der Waals surface area contributed by atoms with Crippen molar-refractivity contribution >= 4 is 23.1 Å². The summed E-state index contributed by atoms with van der Waals surface area (Å²) < 4.78 is 5.20. The van der Waals surface area contributed by atoms with Crippen LogP contribution in [0, 0.1) is 5.92 Å². The molecule has 17 heavy (non-hydrogen) atoms. The third-order valence-electron chi connectivity index (χ3n) is 2.24. The molecule has 6 heteroatoms. The van der Waals surface area contributed by atoms with Crippen molar-refractivity contribution in [3.05, 3.63) is 23.3 Å². The summed E-state index contributed by atoms with van der Waals surface area (Å²) in [6.07, 6.45) is 0. The maximum atomic E-state index is 5.56. The summed E-state index contributed by atoms with van der Waals surface area (Å²) in [5.41, 5.74) is 5.56. The highest BCUT2D eigenvalue weighted by Crippen LogP contribution is 2.23. The van der Waals surface area contributed by atoms with Crippen LogP contribution in [-0.4, -0.2) is 22.4 Å². The van der Waals surface area contributed by atoms with E-state index in [9.17, 15) is 0 Å². The van der Waals surface area contributed by atoms with Gasteiger partial charge in [-0.25, -0.2) is 0 Å². The van der Waals surface area contributed by atoms with Crippen LogP contribution in [0.4, 0.5) is 0 Å². The zero-order valence-corrected chi connectivity index (χ0v) is 11.3. The van der Waals surface area contributed by atoms with Crippen molar-refractivity contribution in [2.45, 2.75) is 12.7 Å².